The van der Waals surface area contributed by atoms with Gasteiger partial charge in [-0.2, -0.15) is 0 Å². The largest absolute Gasteiger partial charge is 0.299 e. The molecule has 0 unspecified atom stereocenters. The van der Waals surface area contributed by atoms with Gasteiger partial charge < -0.3 is 0 Å². The van der Waals surface area contributed by atoms with Crippen molar-refractivity contribution in [1.29, 1.82) is 0 Å². The summed E-state index contributed by atoms with van der Waals surface area (Å²) in [6.45, 7) is 0. The lowest BCUT2D eigenvalue weighted by atomic mass is 9.75. The molecular formula is C23H24BrClO2. The van der Waals surface area contributed by atoms with Gasteiger partial charge in [-0.25, -0.2) is 0 Å². The minimum absolute atomic E-state index is 0.0577. The number of hydrogen-bond acceptors (Lipinski definition) is 2. The molecule has 1 saturated carbocycles. The average molecular weight is 448 g/mol. The Bertz CT molecular complexity index is 800. The third-order valence-electron chi connectivity index (χ3n) is 5.46. The maximum atomic E-state index is 13.0. The summed E-state index contributed by atoms with van der Waals surface area (Å²) in [5, 5.41) is 0.615. The first kappa shape index (κ1) is 20.3. The molecule has 2 nitrogen and oxygen atoms in total. The summed E-state index contributed by atoms with van der Waals surface area (Å²) in [5.74, 6) is 0.163. The van der Waals surface area contributed by atoms with Gasteiger partial charge in [0.1, 0.15) is 5.78 Å². The van der Waals surface area contributed by atoms with Gasteiger partial charge in [-0.1, -0.05) is 65.0 Å². The molecule has 1 aliphatic rings. The fraction of sp³-hybridized carbons (Fsp3) is 0.391. The highest BCUT2D eigenvalue weighted by molar-refractivity contribution is 9.10. The van der Waals surface area contributed by atoms with Crippen LogP contribution in [0.4, 0.5) is 0 Å². The van der Waals surface area contributed by atoms with E-state index in [0.29, 0.717) is 29.2 Å². The number of Topliss-reactive ketones (excluding diaryl/α,β-unsaturated/α-hetero) is 2. The van der Waals surface area contributed by atoms with Crippen LogP contribution in [0.5, 0.6) is 0 Å². The highest BCUT2D eigenvalue weighted by atomic mass is 79.9. The average Bonchev–Trinajstić information content (AvgIpc) is 2.65. The van der Waals surface area contributed by atoms with Crippen LogP contribution < -0.4 is 0 Å². The first-order valence-electron chi connectivity index (χ1n) is 9.62. The molecule has 0 spiro atoms. The predicted molar refractivity (Wildman–Crippen MR) is 113 cm³/mol. The zero-order valence-electron chi connectivity index (χ0n) is 15.3. The maximum absolute atomic E-state index is 13.0. The molecule has 4 heteroatoms. The predicted octanol–water partition coefficient (Wildman–Crippen LogP) is 7.00. The van der Waals surface area contributed by atoms with Gasteiger partial charge in [-0.15, -0.1) is 0 Å². The normalized spacial score (nSPS) is 19.2. The Balaban J connectivity index is 1.91. The van der Waals surface area contributed by atoms with Crippen molar-refractivity contribution in [3.05, 3.63) is 69.2 Å². The van der Waals surface area contributed by atoms with Crippen molar-refractivity contribution in [3.63, 3.8) is 0 Å². The molecule has 0 aromatic heterocycles. The van der Waals surface area contributed by atoms with E-state index in [1.54, 1.807) is 24.3 Å². The van der Waals surface area contributed by atoms with Gasteiger partial charge in [0, 0.05) is 39.7 Å². The number of carbonyl (C=O) groups excluding carboxylic acids is 2. The number of carbonyl (C=O) groups is 2. The fourth-order valence-electron chi connectivity index (χ4n) is 3.99. The molecular weight excluding hydrogens is 424 g/mol. The summed E-state index contributed by atoms with van der Waals surface area (Å²) in [7, 11) is 0. The first-order chi connectivity index (χ1) is 13.1. The van der Waals surface area contributed by atoms with Gasteiger partial charge in [-0.05, 0) is 48.7 Å². The minimum Gasteiger partial charge on any atom is -0.299 e. The standard InChI is InChI=1S/C23H24BrClO2/c24-21-9-6-5-7-18(21)20(19-8-3-1-2-4-10-22(19)26)15-23(27)16-11-13-17(25)14-12-16/h5-7,9,11-14,19-20H,1-4,8,10,15H2/t19-,20-/m0/s1. The molecule has 3 rings (SSSR count). The van der Waals surface area contributed by atoms with Gasteiger partial charge in [-0.3, -0.25) is 9.59 Å². The minimum atomic E-state index is -0.102. The van der Waals surface area contributed by atoms with Crippen LogP contribution in [0.15, 0.2) is 53.0 Å². The topological polar surface area (TPSA) is 34.1 Å². The number of hydrogen-bond donors (Lipinski definition) is 0. The Morgan fingerprint density at radius 3 is 2.48 bits per heavy atom. The van der Waals surface area contributed by atoms with E-state index in [-0.39, 0.29) is 17.6 Å². The summed E-state index contributed by atoms with van der Waals surface area (Å²) in [6.07, 6.45) is 6.12. The summed E-state index contributed by atoms with van der Waals surface area (Å²) in [4.78, 5) is 25.9. The maximum Gasteiger partial charge on any atom is 0.163 e. The fourth-order valence-corrected chi connectivity index (χ4v) is 4.69. The molecule has 0 bridgehead atoms. The third kappa shape index (κ3) is 5.30. The lowest BCUT2D eigenvalue weighted by Crippen LogP contribution is -2.26. The van der Waals surface area contributed by atoms with E-state index in [1.807, 2.05) is 24.3 Å². The molecule has 0 aliphatic heterocycles. The zero-order valence-corrected chi connectivity index (χ0v) is 17.6. The smallest absolute Gasteiger partial charge is 0.163 e. The highest BCUT2D eigenvalue weighted by Gasteiger charge is 2.32. The Hall–Kier alpha value is -1.45. The molecule has 0 radical (unpaired) electrons. The molecule has 0 amide bonds. The van der Waals surface area contributed by atoms with Crippen molar-refractivity contribution in [2.24, 2.45) is 5.92 Å². The molecule has 1 aliphatic carbocycles. The van der Waals surface area contributed by atoms with Crippen molar-refractivity contribution < 1.29 is 9.59 Å². The molecule has 27 heavy (non-hydrogen) atoms. The van der Waals surface area contributed by atoms with Gasteiger partial charge in [0.05, 0.1) is 0 Å². The van der Waals surface area contributed by atoms with Gasteiger partial charge >= 0.3 is 0 Å². The molecule has 0 heterocycles. The van der Waals surface area contributed by atoms with Crippen molar-refractivity contribution >= 4 is 39.1 Å². The van der Waals surface area contributed by atoms with Crippen LogP contribution in [0, 0.1) is 5.92 Å². The van der Waals surface area contributed by atoms with E-state index in [0.717, 1.165) is 42.1 Å². The van der Waals surface area contributed by atoms with Crippen LogP contribution in [0.25, 0.3) is 0 Å². The van der Waals surface area contributed by atoms with E-state index < -0.39 is 0 Å². The molecule has 0 N–H and O–H groups in total. The Kier molecular flexibility index (Phi) is 7.26. The van der Waals surface area contributed by atoms with E-state index in [1.165, 1.54) is 0 Å². The number of halogens is 2. The quantitative estimate of drug-likeness (QED) is 0.462. The van der Waals surface area contributed by atoms with Crippen LogP contribution in [0.1, 0.15) is 66.8 Å². The third-order valence-corrected chi connectivity index (χ3v) is 6.44. The second kappa shape index (κ2) is 9.66. The lowest BCUT2D eigenvalue weighted by Gasteiger charge is -2.28. The van der Waals surface area contributed by atoms with Crippen LogP contribution in [-0.4, -0.2) is 11.6 Å². The second-order valence-corrected chi connectivity index (χ2v) is 8.58. The van der Waals surface area contributed by atoms with Gasteiger partial charge in [0.2, 0.25) is 0 Å². The monoisotopic (exact) mass is 446 g/mol. The van der Waals surface area contributed by atoms with Gasteiger partial charge in [0.25, 0.3) is 0 Å². The highest BCUT2D eigenvalue weighted by Crippen LogP contribution is 2.39. The van der Waals surface area contributed by atoms with E-state index in [4.69, 9.17) is 11.6 Å². The summed E-state index contributed by atoms with van der Waals surface area (Å²) in [5.41, 5.74) is 1.70. The summed E-state index contributed by atoms with van der Waals surface area (Å²) in [6, 6.07) is 15.0. The van der Waals surface area contributed by atoms with Crippen LogP contribution >= 0.6 is 27.5 Å². The van der Waals surface area contributed by atoms with Crippen molar-refractivity contribution in [3.8, 4) is 0 Å². The second-order valence-electron chi connectivity index (χ2n) is 7.29. The SMILES string of the molecule is O=C(C[C@@H](c1ccccc1Br)[C@@H]1CCCCCCC1=O)c1ccc(Cl)cc1. The van der Waals surface area contributed by atoms with Gasteiger partial charge in [0.15, 0.2) is 5.78 Å². The molecule has 142 valence electrons. The Morgan fingerprint density at radius 2 is 1.74 bits per heavy atom. The molecule has 2 aromatic rings. The van der Waals surface area contributed by atoms with Crippen molar-refractivity contribution in [2.45, 2.75) is 50.9 Å². The van der Waals surface area contributed by atoms with Crippen molar-refractivity contribution in [1.82, 2.24) is 0 Å². The summed E-state index contributed by atoms with van der Waals surface area (Å²) >= 11 is 9.59. The molecule has 2 atom stereocenters. The molecule has 2 aromatic carbocycles. The number of benzene rings is 2. The van der Waals surface area contributed by atoms with Crippen molar-refractivity contribution in [2.75, 3.05) is 0 Å². The number of rotatable bonds is 5. The van der Waals surface area contributed by atoms with Crippen LogP contribution in [-0.2, 0) is 4.79 Å². The summed E-state index contributed by atoms with van der Waals surface area (Å²) < 4.78 is 0.966. The Labute approximate surface area is 174 Å². The number of ketones is 2. The van der Waals surface area contributed by atoms with E-state index in [2.05, 4.69) is 15.9 Å². The van der Waals surface area contributed by atoms with Crippen LogP contribution in [0.2, 0.25) is 5.02 Å². The molecule has 0 saturated heterocycles. The zero-order chi connectivity index (χ0) is 19.2. The van der Waals surface area contributed by atoms with E-state index in [9.17, 15) is 9.59 Å². The first-order valence-corrected chi connectivity index (χ1v) is 10.8. The van der Waals surface area contributed by atoms with E-state index >= 15 is 0 Å². The van der Waals surface area contributed by atoms with Crippen LogP contribution in [0.3, 0.4) is 0 Å². The Morgan fingerprint density at radius 1 is 1.04 bits per heavy atom. The molecule has 1 fully saturated rings. The lowest BCUT2D eigenvalue weighted by molar-refractivity contribution is -0.124.